The first kappa shape index (κ1) is 31.1. The third-order valence-electron chi connectivity index (χ3n) is 6.47. The molecule has 1 N–H and O–H groups in total. The van der Waals surface area contributed by atoms with Crippen molar-refractivity contribution in [3.8, 4) is 0 Å². The van der Waals surface area contributed by atoms with Crippen molar-refractivity contribution in [2.24, 2.45) is 5.92 Å². The van der Waals surface area contributed by atoms with E-state index in [9.17, 15) is 12.6 Å². The van der Waals surface area contributed by atoms with Crippen LogP contribution in [0.3, 0.4) is 0 Å². The average Bonchev–Trinajstić information content (AvgIpc) is 2.89. The molecule has 0 amide bonds. The zero-order valence-electron chi connectivity index (χ0n) is 23.1. The molecule has 0 aromatic heterocycles. The van der Waals surface area contributed by atoms with Gasteiger partial charge in [0.25, 0.3) is 0 Å². The Kier molecular flexibility index (Phi) is 10.2. The Hall–Kier alpha value is -2.46. The SMILES string of the molecule is CC(C)[C@@H]([C@H](NS(=O)C(C)(C)C)C(F)(F)S(=O)(=O)c1ccccc1)N(Cc1ccccc1)Cc1ccccc1. The summed E-state index contributed by atoms with van der Waals surface area (Å²) in [4.78, 5) is 1.38. The van der Waals surface area contributed by atoms with E-state index in [4.69, 9.17) is 0 Å². The molecule has 0 spiro atoms. The van der Waals surface area contributed by atoms with Crippen LogP contribution in [0.4, 0.5) is 8.78 Å². The second kappa shape index (κ2) is 12.8. The first-order valence-electron chi connectivity index (χ1n) is 12.9. The molecule has 0 bridgehead atoms. The molecule has 0 saturated carbocycles. The predicted octanol–water partition coefficient (Wildman–Crippen LogP) is 6.20. The molecule has 0 aliphatic rings. The first-order chi connectivity index (χ1) is 18.2. The van der Waals surface area contributed by atoms with Crippen LogP contribution in [-0.2, 0) is 33.9 Å². The lowest BCUT2D eigenvalue weighted by Crippen LogP contribution is -2.63. The van der Waals surface area contributed by atoms with E-state index in [2.05, 4.69) is 4.72 Å². The molecule has 3 atom stereocenters. The smallest absolute Gasteiger partial charge is 0.290 e. The normalized spacial score (nSPS) is 15.3. The molecule has 3 aromatic rings. The van der Waals surface area contributed by atoms with Gasteiger partial charge in [0, 0.05) is 19.1 Å². The van der Waals surface area contributed by atoms with Gasteiger partial charge in [-0.2, -0.15) is 8.78 Å². The van der Waals surface area contributed by atoms with Gasteiger partial charge in [-0.3, -0.25) is 4.90 Å². The van der Waals surface area contributed by atoms with E-state index in [0.29, 0.717) is 13.1 Å². The van der Waals surface area contributed by atoms with Crippen LogP contribution < -0.4 is 4.72 Å². The summed E-state index contributed by atoms with van der Waals surface area (Å²) >= 11 is 0. The van der Waals surface area contributed by atoms with Crippen LogP contribution in [0, 0.1) is 5.92 Å². The van der Waals surface area contributed by atoms with Gasteiger partial charge < -0.3 is 0 Å². The number of rotatable bonds is 12. The van der Waals surface area contributed by atoms with E-state index in [1.165, 1.54) is 12.1 Å². The molecule has 3 aromatic carbocycles. The molecule has 3 rings (SSSR count). The quantitative estimate of drug-likeness (QED) is 0.279. The molecule has 39 heavy (non-hydrogen) atoms. The third kappa shape index (κ3) is 7.60. The number of halogens is 2. The van der Waals surface area contributed by atoms with Crippen molar-refractivity contribution in [1.29, 1.82) is 0 Å². The largest absolute Gasteiger partial charge is 0.367 e. The number of benzene rings is 3. The highest BCUT2D eigenvalue weighted by molar-refractivity contribution is 7.92. The van der Waals surface area contributed by atoms with E-state index in [0.717, 1.165) is 23.3 Å². The van der Waals surface area contributed by atoms with Gasteiger partial charge in [-0.05, 0) is 49.9 Å². The van der Waals surface area contributed by atoms with Crippen molar-refractivity contribution < 1.29 is 21.4 Å². The van der Waals surface area contributed by atoms with Crippen molar-refractivity contribution in [2.75, 3.05) is 0 Å². The van der Waals surface area contributed by atoms with Gasteiger partial charge in [-0.25, -0.2) is 17.3 Å². The first-order valence-corrected chi connectivity index (χ1v) is 15.6. The fourth-order valence-corrected chi connectivity index (χ4v) is 6.78. The zero-order chi connectivity index (χ0) is 28.8. The average molecular weight is 577 g/mol. The third-order valence-corrected chi connectivity index (χ3v) is 9.91. The van der Waals surface area contributed by atoms with E-state index >= 15 is 8.78 Å². The maximum absolute atomic E-state index is 16.5. The Balaban J connectivity index is 2.18. The topological polar surface area (TPSA) is 66.5 Å². The predicted molar refractivity (Wildman–Crippen MR) is 154 cm³/mol. The maximum atomic E-state index is 16.5. The molecule has 0 aliphatic heterocycles. The van der Waals surface area contributed by atoms with Crippen molar-refractivity contribution >= 4 is 20.8 Å². The molecule has 9 heteroatoms. The number of sulfone groups is 1. The van der Waals surface area contributed by atoms with Gasteiger partial charge >= 0.3 is 5.25 Å². The van der Waals surface area contributed by atoms with Crippen LogP contribution >= 0.6 is 0 Å². The van der Waals surface area contributed by atoms with Gasteiger partial charge in [0.15, 0.2) is 0 Å². The summed E-state index contributed by atoms with van der Waals surface area (Å²) in [6.45, 7) is 9.13. The van der Waals surface area contributed by atoms with Crippen molar-refractivity contribution in [3.05, 3.63) is 102 Å². The molecule has 0 heterocycles. The molecular formula is C30H38F2N2O3S2. The summed E-state index contributed by atoms with van der Waals surface area (Å²) in [5.41, 5.74) is 1.79. The number of nitrogens with zero attached hydrogens (tertiary/aromatic N) is 1. The lowest BCUT2D eigenvalue weighted by Gasteiger charge is -2.43. The van der Waals surface area contributed by atoms with Crippen LogP contribution in [0.15, 0.2) is 95.9 Å². The molecule has 1 unspecified atom stereocenters. The molecule has 5 nitrogen and oxygen atoms in total. The van der Waals surface area contributed by atoms with Crippen molar-refractivity contribution in [1.82, 2.24) is 9.62 Å². The number of hydrogen-bond acceptors (Lipinski definition) is 4. The summed E-state index contributed by atoms with van der Waals surface area (Å²) in [6, 6.07) is 22.6. The summed E-state index contributed by atoms with van der Waals surface area (Å²) in [6.07, 6.45) is 0. The summed E-state index contributed by atoms with van der Waals surface area (Å²) in [5, 5.41) is -4.28. The minimum absolute atomic E-state index is 0.292. The second-order valence-electron chi connectivity index (χ2n) is 11.0. The standard InChI is InChI=1S/C30H38F2N2O3S2/c1-23(2)27(34(21-24-15-9-6-10-16-24)22-25-17-11-7-12-18-25)28(33-38(35)29(3,4)5)30(31,32)39(36,37)26-19-13-8-14-20-26/h6-20,23,27-28,33H,21-22H2,1-5H3/t27-,28-,38?/m0/s1. The molecular weight excluding hydrogens is 538 g/mol. The Morgan fingerprint density at radius 1 is 0.795 bits per heavy atom. The Labute approximate surface area is 234 Å². The highest BCUT2D eigenvalue weighted by Crippen LogP contribution is 2.38. The van der Waals surface area contributed by atoms with Gasteiger partial charge in [-0.1, -0.05) is 92.7 Å². The van der Waals surface area contributed by atoms with Gasteiger partial charge in [0.05, 0.1) is 20.6 Å². The second-order valence-corrected chi connectivity index (χ2v) is 15.0. The van der Waals surface area contributed by atoms with Crippen molar-refractivity contribution in [3.63, 3.8) is 0 Å². The number of hydrogen-bond donors (Lipinski definition) is 1. The van der Waals surface area contributed by atoms with Crippen LogP contribution in [0.2, 0.25) is 0 Å². The highest BCUT2D eigenvalue weighted by Gasteiger charge is 2.58. The molecule has 0 radical (unpaired) electrons. The van der Waals surface area contributed by atoms with E-state index in [1.54, 1.807) is 40.7 Å². The van der Waals surface area contributed by atoms with E-state index in [1.807, 2.05) is 65.6 Å². The molecule has 0 fully saturated rings. The highest BCUT2D eigenvalue weighted by atomic mass is 32.2. The minimum atomic E-state index is -5.14. The maximum Gasteiger partial charge on any atom is 0.367 e. The summed E-state index contributed by atoms with van der Waals surface area (Å²) in [7, 11) is -7.12. The van der Waals surface area contributed by atoms with E-state index in [-0.39, 0.29) is 0 Å². The molecule has 212 valence electrons. The fourth-order valence-electron chi connectivity index (χ4n) is 4.47. The van der Waals surface area contributed by atoms with Gasteiger partial charge in [0.2, 0.25) is 9.84 Å². The minimum Gasteiger partial charge on any atom is -0.290 e. The monoisotopic (exact) mass is 576 g/mol. The zero-order valence-corrected chi connectivity index (χ0v) is 24.7. The molecule has 0 saturated heterocycles. The van der Waals surface area contributed by atoms with Gasteiger partial charge in [0.1, 0.15) is 6.04 Å². The van der Waals surface area contributed by atoms with Crippen LogP contribution in [0.1, 0.15) is 45.7 Å². The van der Waals surface area contributed by atoms with Crippen molar-refractivity contribution in [2.45, 2.75) is 74.7 Å². The lowest BCUT2D eigenvalue weighted by molar-refractivity contribution is -0.00757. The molecule has 0 aliphatic carbocycles. The van der Waals surface area contributed by atoms with Crippen LogP contribution in [0.5, 0.6) is 0 Å². The van der Waals surface area contributed by atoms with Gasteiger partial charge in [-0.15, -0.1) is 0 Å². The fraction of sp³-hybridized carbons (Fsp3) is 0.400. The summed E-state index contributed by atoms with van der Waals surface area (Å²) < 4.78 is 75.1. The Morgan fingerprint density at radius 2 is 1.21 bits per heavy atom. The number of nitrogens with one attached hydrogen (secondary N) is 1. The lowest BCUT2D eigenvalue weighted by atomic mass is 9.93. The summed E-state index contributed by atoms with van der Waals surface area (Å²) in [5.74, 6) is -0.427. The van der Waals surface area contributed by atoms with Crippen LogP contribution in [-0.4, -0.2) is 39.6 Å². The number of alkyl halides is 2. The van der Waals surface area contributed by atoms with Crippen LogP contribution in [0.25, 0.3) is 0 Å². The Bertz CT molecular complexity index is 1270. The van der Waals surface area contributed by atoms with E-state index < -0.39 is 53.7 Å². The Morgan fingerprint density at radius 3 is 1.59 bits per heavy atom.